The first-order chi connectivity index (χ1) is 9.15. The van der Waals surface area contributed by atoms with Gasteiger partial charge in [-0.05, 0) is 51.4 Å². The smallest absolute Gasteiger partial charge is 0.122 e. The van der Waals surface area contributed by atoms with Crippen molar-refractivity contribution in [2.24, 2.45) is 0 Å². The van der Waals surface area contributed by atoms with Gasteiger partial charge in [0.15, 0.2) is 0 Å². The first kappa shape index (κ1) is 10.3. The van der Waals surface area contributed by atoms with Crippen LogP contribution in [-0.4, -0.2) is 33.5 Å². The second-order valence-corrected chi connectivity index (χ2v) is 4.96. The zero-order chi connectivity index (χ0) is 13.4. The van der Waals surface area contributed by atoms with E-state index < -0.39 is 0 Å². The minimum Gasteiger partial charge on any atom is -0.317 e. The van der Waals surface area contributed by atoms with E-state index in [1.165, 1.54) is 0 Å². The third-order valence-electron chi connectivity index (χ3n) is 3.81. The standard InChI is InChI=1S/C13H19N5/c1-8-9(2)15-18-13(8)12-7-11(16-17-12)10-3-5-14-6-4-10/h7,10,14H,3-6H2,1-2H3,(H,15,18)(H,16,17)/i/hD. The Labute approximate surface area is 108 Å². The SMILES string of the molecule is [2H]N1CCC(c2cc(-c3[nH]nc(C)c3C)[nH]n2)CC1. The van der Waals surface area contributed by atoms with Crippen LogP contribution in [0.15, 0.2) is 6.07 Å². The molecular weight excluding hydrogens is 226 g/mol. The number of aromatic nitrogens is 4. The average molecular weight is 246 g/mol. The number of aryl methyl sites for hydroxylation is 1. The molecule has 1 saturated heterocycles. The van der Waals surface area contributed by atoms with Crippen LogP contribution in [0.25, 0.3) is 11.4 Å². The normalized spacial score (nSPS) is 19.1. The first-order valence-electron chi connectivity index (χ1n) is 6.91. The van der Waals surface area contributed by atoms with Gasteiger partial charge in [-0.15, -0.1) is 0 Å². The zero-order valence-corrected chi connectivity index (χ0v) is 10.8. The van der Waals surface area contributed by atoms with Gasteiger partial charge in [0.2, 0.25) is 0 Å². The molecule has 96 valence electrons. The molecule has 2 aromatic rings. The maximum atomic E-state index is 7.59. The number of H-pyrrole nitrogens is 2. The summed E-state index contributed by atoms with van der Waals surface area (Å²) in [5.74, 6) is 0.468. The summed E-state index contributed by atoms with van der Waals surface area (Å²) in [4.78, 5) is 0. The first-order valence-corrected chi connectivity index (χ1v) is 6.46. The molecule has 3 heterocycles. The molecule has 0 amide bonds. The molecular formula is C13H19N5. The predicted octanol–water partition coefficient (Wildman–Crippen LogP) is 1.88. The molecule has 0 aromatic carbocycles. The lowest BCUT2D eigenvalue weighted by Crippen LogP contribution is -2.26. The van der Waals surface area contributed by atoms with E-state index in [2.05, 4.69) is 33.4 Å². The van der Waals surface area contributed by atoms with Crippen LogP contribution in [0.5, 0.6) is 0 Å². The molecule has 0 atom stereocenters. The van der Waals surface area contributed by atoms with Gasteiger partial charge >= 0.3 is 0 Å². The summed E-state index contributed by atoms with van der Waals surface area (Å²) in [6, 6.07) is 2.12. The maximum absolute atomic E-state index is 7.59. The Bertz CT molecular complexity index is 565. The minimum atomic E-state index is 0.468. The highest BCUT2D eigenvalue weighted by Gasteiger charge is 2.19. The Balaban J connectivity index is 1.82. The minimum absolute atomic E-state index is 0.468. The number of piperidine rings is 1. The highest BCUT2D eigenvalue weighted by atomic mass is 15.2. The van der Waals surface area contributed by atoms with Crippen LogP contribution in [0.4, 0.5) is 0 Å². The van der Waals surface area contributed by atoms with Crippen molar-refractivity contribution in [1.29, 1.82) is 0 Å². The van der Waals surface area contributed by atoms with E-state index >= 15 is 0 Å². The van der Waals surface area contributed by atoms with Gasteiger partial charge in [-0.2, -0.15) is 10.2 Å². The molecule has 3 N–H and O–H groups in total. The Kier molecular flexibility index (Phi) is 2.62. The maximum Gasteiger partial charge on any atom is 0.122 e. The van der Waals surface area contributed by atoms with E-state index in [0.29, 0.717) is 5.92 Å². The van der Waals surface area contributed by atoms with Crippen LogP contribution in [-0.2, 0) is 0 Å². The molecule has 18 heavy (non-hydrogen) atoms. The number of aromatic amines is 2. The lowest BCUT2D eigenvalue weighted by atomic mass is 9.94. The second kappa shape index (κ2) is 4.57. The molecule has 1 aliphatic heterocycles. The molecule has 0 radical (unpaired) electrons. The second-order valence-electron chi connectivity index (χ2n) is 4.96. The molecule has 5 nitrogen and oxygen atoms in total. The fourth-order valence-corrected chi connectivity index (χ4v) is 2.47. The molecule has 0 bridgehead atoms. The van der Waals surface area contributed by atoms with Gasteiger partial charge in [-0.1, -0.05) is 0 Å². The molecule has 0 unspecified atom stereocenters. The molecule has 1 fully saturated rings. The predicted molar refractivity (Wildman–Crippen MR) is 70.5 cm³/mol. The van der Waals surface area contributed by atoms with Crippen LogP contribution in [0.1, 0.15) is 35.7 Å². The van der Waals surface area contributed by atoms with Gasteiger partial charge in [-0.25, -0.2) is 0 Å². The summed E-state index contributed by atoms with van der Waals surface area (Å²) < 4.78 is 7.59. The van der Waals surface area contributed by atoms with Crippen LogP contribution < -0.4 is 5.31 Å². The van der Waals surface area contributed by atoms with E-state index in [9.17, 15) is 0 Å². The van der Waals surface area contributed by atoms with E-state index in [1.54, 1.807) is 5.31 Å². The van der Waals surface area contributed by atoms with Crippen molar-refractivity contribution in [3.8, 4) is 11.4 Å². The Hall–Kier alpha value is -1.62. The van der Waals surface area contributed by atoms with Crippen molar-refractivity contribution in [2.45, 2.75) is 32.6 Å². The molecule has 5 heteroatoms. The highest BCUT2D eigenvalue weighted by Crippen LogP contribution is 2.28. The fourth-order valence-electron chi connectivity index (χ4n) is 2.47. The summed E-state index contributed by atoms with van der Waals surface area (Å²) in [6.45, 7) is 5.72. The van der Waals surface area contributed by atoms with Crippen molar-refractivity contribution >= 4 is 0 Å². The van der Waals surface area contributed by atoms with E-state index in [-0.39, 0.29) is 0 Å². The van der Waals surface area contributed by atoms with E-state index in [1.807, 2.05) is 6.92 Å². The number of hydrogen-bond acceptors (Lipinski definition) is 3. The average Bonchev–Trinajstić information content (AvgIpc) is 2.99. The molecule has 0 aliphatic carbocycles. The Morgan fingerprint density at radius 1 is 1.22 bits per heavy atom. The van der Waals surface area contributed by atoms with Crippen molar-refractivity contribution in [3.05, 3.63) is 23.0 Å². The van der Waals surface area contributed by atoms with Gasteiger partial charge in [-0.3, -0.25) is 10.2 Å². The van der Waals surface area contributed by atoms with Crippen molar-refractivity contribution in [1.82, 2.24) is 25.7 Å². The molecule has 0 spiro atoms. The Morgan fingerprint density at radius 3 is 2.67 bits per heavy atom. The fraction of sp³-hybridized carbons (Fsp3) is 0.538. The van der Waals surface area contributed by atoms with Crippen LogP contribution >= 0.6 is 0 Å². The van der Waals surface area contributed by atoms with Gasteiger partial charge in [0.1, 0.15) is 1.41 Å². The summed E-state index contributed by atoms with van der Waals surface area (Å²) in [6.07, 6.45) is 2.02. The highest BCUT2D eigenvalue weighted by molar-refractivity contribution is 5.59. The van der Waals surface area contributed by atoms with Gasteiger partial charge in [0.25, 0.3) is 0 Å². The lowest BCUT2D eigenvalue weighted by molar-refractivity contribution is 0.453. The van der Waals surface area contributed by atoms with E-state index in [0.717, 1.165) is 54.3 Å². The van der Waals surface area contributed by atoms with Crippen LogP contribution in [0.2, 0.25) is 1.41 Å². The largest absolute Gasteiger partial charge is 0.317 e. The van der Waals surface area contributed by atoms with Gasteiger partial charge < -0.3 is 5.31 Å². The summed E-state index contributed by atoms with van der Waals surface area (Å²) in [5, 5.41) is 16.4. The summed E-state index contributed by atoms with van der Waals surface area (Å²) in [7, 11) is 0. The number of rotatable bonds is 2. The van der Waals surface area contributed by atoms with Gasteiger partial charge in [0.05, 0.1) is 22.8 Å². The summed E-state index contributed by atoms with van der Waals surface area (Å²) in [5.41, 5.74) is 5.31. The quantitative estimate of drug-likeness (QED) is 0.758. The zero-order valence-electron chi connectivity index (χ0n) is 11.8. The monoisotopic (exact) mass is 246 g/mol. The summed E-state index contributed by atoms with van der Waals surface area (Å²) >= 11 is 0. The molecule has 2 aromatic heterocycles. The van der Waals surface area contributed by atoms with Crippen molar-refractivity contribution in [3.63, 3.8) is 0 Å². The van der Waals surface area contributed by atoms with Crippen LogP contribution in [0.3, 0.4) is 0 Å². The lowest BCUT2D eigenvalue weighted by Gasteiger charge is -2.20. The third-order valence-corrected chi connectivity index (χ3v) is 3.81. The number of nitrogens with one attached hydrogen (secondary N) is 3. The molecule has 0 saturated carbocycles. The topological polar surface area (TPSA) is 69.4 Å². The van der Waals surface area contributed by atoms with Crippen molar-refractivity contribution < 1.29 is 1.41 Å². The third kappa shape index (κ3) is 1.95. The van der Waals surface area contributed by atoms with E-state index in [4.69, 9.17) is 1.41 Å². The molecule has 1 aliphatic rings. The van der Waals surface area contributed by atoms with Crippen molar-refractivity contribution in [2.75, 3.05) is 13.1 Å². The van der Waals surface area contributed by atoms with Gasteiger partial charge in [0, 0.05) is 5.92 Å². The Morgan fingerprint density at radius 2 is 2.00 bits per heavy atom. The number of hydrogen-bond donors (Lipinski definition) is 3. The number of nitrogens with zero attached hydrogens (tertiary/aromatic N) is 2. The van der Waals surface area contributed by atoms with Crippen LogP contribution in [0, 0.1) is 13.8 Å². The molecule has 3 rings (SSSR count).